The van der Waals surface area contributed by atoms with Crippen LogP contribution in [0, 0.1) is 0 Å². The maximum Gasteiger partial charge on any atom is 0.326 e. The fourth-order valence-corrected chi connectivity index (χ4v) is 1.02. The molecule has 0 bridgehead atoms. The molecule has 1 atom stereocenters. The number of amides is 2. The largest absolute Gasteiger partial charge is 0.480 e. The summed E-state index contributed by atoms with van der Waals surface area (Å²) in [4.78, 5) is 32.5. The second-order valence-electron chi connectivity index (χ2n) is 3.63. The van der Waals surface area contributed by atoms with Crippen LogP contribution in [0.4, 0.5) is 0 Å². The number of nitrogens with one attached hydrogen (secondary N) is 1. The molecule has 0 saturated heterocycles. The first-order valence-electron chi connectivity index (χ1n) is 4.79. The predicted octanol–water partition coefficient (Wildman–Crippen LogP) is -0.212. The molecule has 0 aliphatic heterocycles. The van der Waals surface area contributed by atoms with Gasteiger partial charge in [-0.3, -0.25) is 9.59 Å². The molecule has 0 aromatic carbocycles. The Hall–Kier alpha value is -1.85. The van der Waals surface area contributed by atoms with Crippen molar-refractivity contribution in [3.8, 4) is 0 Å². The number of nitrogens with two attached hydrogens (primary N) is 1. The van der Waals surface area contributed by atoms with E-state index >= 15 is 0 Å². The average molecular weight is 228 g/mol. The molecule has 0 rings (SSSR count). The van der Waals surface area contributed by atoms with Gasteiger partial charge in [0.2, 0.25) is 11.8 Å². The molecular formula is C10H16N2O4. The minimum absolute atomic E-state index is 0.00694. The van der Waals surface area contributed by atoms with Gasteiger partial charge in [-0.05, 0) is 20.3 Å². The molecule has 0 fully saturated rings. The summed E-state index contributed by atoms with van der Waals surface area (Å²) in [6.07, 6.45) is 1.21. The molecule has 0 heterocycles. The number of carboxylic acid groups (broad SMARTS) is 1. The maximum absolute atomic E-state index is 11.2. The van der Waals surface area contributed by atoms with E-state index in [1.54, 1.807) is 13.8 Å². The molecule has 90 valence electrons. The third-order valence-electron chi connectivity index (χ3n) is 1.71. The Morgan fingerprint density at radius 2 is 1.94 bits per heavy atom. The Bertz CT molecular complexity index is 319. The highest BCUT2D eigenvalue weighted by atomic mass is 16.4. The summed E-state index contributed by atoms with van der Waals surface area (Å²) < 4.78 is 0. The summed E-state index contributed by atoms with van der Waals surface area (Å²) in [5.74, 6) is -2.27. The number of carbonyl (C=O) groups excluding carboxylic acids is 2. The van der Waals surface area contributed by atoms with Crippen LogP contribution in [0.1, 0.15) is 26.7 Å². The van der Waals surface area contributed by atoms with Crippen molar-refractivity contribution in [2.24, 2.45) is 5.73 Å². The Labute approximate surface area is 93.5 Å². The van der Waals surface area contributed by atoms with E-state index in [1.165, 1.54) is 6.08 Å². The zero-order valence-corrected chi connectivity index (χ0v) is 9.32. The molecule has 0 aliphatic rings. The molecule has 6 heteroatoms. The lowest BCUT2D eigenvalue weighted by atomic mass is 10.1. The molecule has 4 N–H and O–H groups in total. The molecule has 0 spiro atoms. The van der Waals surface area contributed by atoms with Crippen molar-refractivity contribution >= 4 is 17.8 Å². The number of allylic oxidation sites excluding steroid dienone is 1. The van der Waals surface area contributed by atoms with Crippen LogP contribution in [-0.2, 0) is 14.4 Å². The molecule has 0 aliphatic carbocycles. The highest BCUT2D eigenvalue weighted by molar-refractivity contribution is 5.91. The zero-order valence-electron chi connectivity index (χ0n) is 9.32. The monoisotopic (exact) mass is 228 g/mol. The first-order chi connectivity index (χ1) is 7.32. The topological polar surface area (TPSA) is 109 Å². The molecule has 0 unspecified atom stereocenters. The first kappa shape index (κ1) is 14.2. The fourth-order valence-electron chi connectivity index (χ4n) is 1.02. The predicted molar refractivity (Wildman–Crippen MR) is 57.4 cm³/mol. The quantitative estimate of drug-likeness (QED) is 0.546. The SMILES string of the molecule is CC(C)=CC(=O)N[C@H](CCC(N)=O)C(=O)O. The summed E-state index contributed by atoms with van der Waals surface area (Å²) in [5.41, 5.74) is 5.66. The van der Waals surface area contributed by atoms with Gasteiger partial charge in [0.1, 0.15) is 6.04 Å². The summed E-state index contributed by atoms with van der Waals surface area (Å²) in [6, 6.07) is -1.09. The lowest BCUT2D eigenvalue weighted by Crippen LogP contribution is -2.40. The maximum atomic E-state index is 11.2. The Morgan fingerprint density at radius 1 is 1.38 bits per heavy atom. The van der Waals surface area contributed by atoms with Gasteiger partial charge in [0.05, 0.1) is 0 Å². The number of carboxylic acids is 1. The average Bonchev–Trinajstić information content (AvgIpc) is 2.09. The van der Waals surface area contributed by atoms with Gasteiger partial charge in [-0.15, -0.1) is 0 Å². The standard InChI is InChI=1S/C10H16N2O4/c1-6(2)5-9(14)12-7(10(15)16)3-4-8(11)13/h5,7H,3-4H2,1-2H3,(H2,11,13)(H,12,14)(H,15,16)/t7-/m1/s1. The van der Waals surface area contributed by atoms with E-state index in [-0.39, 0.29) is 12.8 Å². The number of primary amides is 1. The van der Waals surface area contributed by atoms with Crippen molar-refractivity contribution in [1.82, 2.24) is 5.32 Å². The van der Waals surface area contributed by atoms with E-state index in [2.05, 4.69) is 5.32 Å². The van der Waals surface area contributed by atoms with E-state index < -0.39 is 23.8 Å². The Balaban J connectivity index is 4.34. The van der Waals surface area contributed by atoms with E-state index in [4.69, 9.17) is 10.8 Å². The van der Waals surface area contributed by atoms with E-state index in [1.807, 2.05) is 0 Å². The highest BCUT2D eigenvalue weighted by Crippen LogP contribution is 1.98. The molecule has 0 aromatic rings. The van der Waals surface area contributed by atoms with Crippen LogP contribution >= 0.6 is 0 Å². The van der Waals surface area contributed by atoms with Crippen molar-refractivity contribution < 1.29 is 19.5 Å². The van der Waals surface area contributed by atoms with Gasteiger partial charge in [-0.25, -0.2) is 4.79 Å². The molecule has 16 heavy (non-hydrogen) atoms. The van der Waals surface area contributed by atoms with Gasteiger partial charge in [0, 0.05) is 12.5 Å². The summed E-state index contributed by atoms with van der Waals surface area (Å²) >= 11 is 0. The smallest absolute Gasteiger partial charge is 0.326 e. The normalized spacial score (nSPS) is 11.4. The number of hydrogen-bond acceptors (Lipinski definition) is 3. The third-order valence-corrected chi connectivity index (χ3v) is 1.71. The summed E-state index contributed by atoms with van der Waals surface area (Å²) in [5, 5.41) is 11.1. The molecule has 0 aromatic heterocycles. The molecule has 6 nitrogen and oxygen atoms in total. The lowest BCUT2D eigenvalue weighted by molar-refractivity contribution is -0.141. The minimum atomic E-state index is -1.18. The van der Waals surface area contributed by atoms with Crippen molar-refractivity contribution in [1.29, 1.82) is 0 Å². The van der Waals surface area contributed by atoms with E-state index in [9.17, 15) is 14.4 Å². The van der Waals surface area contributed by atoms with Gasteiger partial charge in [-0.2, -0.15) is 0 Å². The fraction of sp³-hybridized carbons (Fsp3) is 0.500. The van der Waals surface area contributed by atoms with Crippen molar-refractivity contribution in [3.63, 3.8) is 0 Å². The van der Waals surface area contributed by atoms with Crippen molar-refractivity contribution in [3.05, 3.63) is 11.6 Å². The van der Waals surface area contributed by atoms with Gasteiger partial charge < -0.3 is 16.2 Å². The Morgan fingerprint density at radius 3 is 2.31 bits per heavy atom. The highest BCUT2D eigenvalue weighted by Gasteiger charge is 2.19. The minimum Gasteiger partial charge on any atom is -0.480 e. The van der Waals surface area contributed by atoms with E-state index in [0.29, 0.717) is 0 Å². The van der Waals surface area contributed by atoms with Crippen LogP contribution in [-0.4, -0.2) is 28.9 Å². The third kappa shape index (κ3) is 6.58. The van der Waals surface area contributed by atoms with E-state index in [0.717, 1.165) is 5.57 Å². The van der Waals surface area contributed by atoms with Crippen LogP contribution < -0.4 is 11.1 Å². The van der Waals surface area contributed by atoms with Crippen LogP contribution in [0.15, 0.2) is 11.6 Å². The van der Waals surface area contributed by atoms with Gasteiger partial charge in [0.15, 0.2) is 0 Å². The van der Waals surface area contributed by atoms with Gasteiger partial charge in [-0.1, -0.05) is 5.57 Å². The molecule has 0 radical (unpaired) electrons. The molecule has 0 saturated carbocycles. The number of aliphatic carboxylic acids is 1. The first-order valence-corrected chi connectivity index (χ1v) is 4.79. The zero-order chi connectivity index (χ0) is 12.7. The van der Waals surface area contributed by atoms with Gasteiger partial charge in [0.25, 0.3) is 0 Å². The van der Waals surface area contributed by atoms with Crippen LogP contribution in [0.2, 0.25) is 0 Å². The number of carbonyl (C=O) groups is 3. The van der Waals surface area contributed by atoms with Gasteiger partial charge >= 0.3 is 5.97 Å². The van der Waals surface area contributed by atoms with Crippen LogP contribution in [0.5, 0.6) is 0 Å². The van der Waals surface area contributed by atoms with Crippen molar-refractivity contribution in [2.45, 2.75) is 32.7 Å². The number of rotatable bonds is 6. The summed E-state index contributed by atoms with van der Waals surface area (Å²) in [7, 11) is 0. The Kier molecular flexibility index (Phi) is 5.84. The summed E-state index contributed by atoms with van der Waals surface area (Å²) in [6.45, 7) is 3.44. The van der Waals surface area contributed by atoms with Crippen molar-refractivity contribution in [2.75, 3.05) is 0 Å². The lowest BCUT2D eigenvalue weighted by Gasteiger charge is -2.12. The molecular weight excluding hydrogens is 212 g/mol. The second-order valence-corrected chi connectivity index (χ2v) is 3.63. The number of hydrogen-bond donors (Lipinski definition) is 3. The second kappa shape index (κ2) is 6.60. The van der Waals surface area contributed by atoms with Crippen LogP contribution in [0.25, 0.3) is 0 Å². The molecule has 2 amide bonds. The van der Waals surface area contributed by atoms with Crippen LogP contribution in [0.3, 0.4) is 0 Å².